The van der Waals surface area contributed by atoms with Crippen molar-refractivity contribution in [1.29, 1.82) is 0 Å². The highest BCUT2D eigenvalue weighted by Gasteiger charge is 2.14. The average molecular weight is 271 g/mol. The summed E-state index contributed by atoms with van der Waals surface area (Å²) < 4.78 is 0. The third-order valence-electron chi connectivity index (χ3n) is 2.42. The van der Waals surface area contributed by atoms with Crippen molar-refractivity contribution in [2.45, 2.75) is 20.3 Å². The van der Waals surface area contributed by atoms with Gasteiger partial charge in [-0.1, -0.05) is 25.4 Å². The molecular weight excluding hydrogens is 256 g/mol. The molecule has 0 radical (unpaired) electrons. The number of hydrogen-bond acceptors (Lipinski definition) is 3. The lowest BCUT2D eigenvalue weighted by Gasteiger charge is -2.08. The molecule has 1 aromatic carbocycles. The number of carbonyl (C=O) groups excluding carboxylic acids is 1. The fourth-order valence-electron chi connectivity index (χ4n) is 1.37. The maximum Gasteiger partial charge on any atom is 0.270 e. The van der Waals surface area contributed by atoms with Gasteiger partial charge in [0.15, 0.2) is 0 Å². The Labute approximate surface area is 110 Å². The van der Waals surface area contributed by atoms with Crippen molar-refractivity contribution in [3.8, 4) is 0 Å². The van der Waals surface area contributed by atoms with E-state index in [2.05, 4.69) is 19.2 Å². The predicted octanol–water partition coefficient (Wildman–Crippen LogP) is 3.02. The minimum atomic E-state index is -0.549. The summed E-state index contributed by atoms with van der Waals surface area (Å²) in [4.78, 5) is 21.7. The third-order valence-corrected chi connectivity index (χ3v) is 2.73. The van der Waals surface area contributed by atoms with Crippen LogP contribution in [0.15, 0.2) is 18.2 Å². The normalized spacial score (nSPS) is 10.4. The van der Waals surface area contributed by atoms with Gasteiger partial charge in [0.1, 0.15) is 0 Å². The predicted molar refractivity (Wildman–Crippen MR) is 69.9 cm³/mol. The van der Waals surface area contributed by atoms with Crippen LogP contribution in [0.2, 0.25) is 5.02 Å². The topological polar surface area (TPSA) is 72.2 Å². The highest BCUT2D eigenvalue weighted by Crippen LogP contribution is 2.22. The van der Waals surface area contributed by atoms with Crippen molar-refractivity contribution in [2.24, 2.45) is 5.92 Å². The molecule has 5 nitrogen and oxygen atoms in total. The van der Waals surface area contributed by atoms with Gasteiger partial charge in [-0.2, -0.15) is 0 Å². The summed E-state index contributed by atoms with van der Waals surface area (Å²) in [6.07, 6.45) is 0.871. The van der Waals surface area contributed by atoms with E-state index in [1.807, 2.05) is 0 Å². The summed E-state index contributed by atoms with van der Waals surface area (Å²) in [5.41, 5.74) is 0.129. The van der Waals surface area contributed by atoms with Crippen LogP contribution < -0.4 is 5.32 Å². The lowest BCUT2D eigenvalue weighted by Crippen LogP contribution is -2.25. The largest absolute Gasteiger partial charge is 0.352 e. The van der Waals surface area contributed by atoms with Crippen LogP contribution in [0.5, 0.6) is 0 Å². The van der Waals surface area contributed by atoms with Crippen molar-refractivity contribution in [2.75, 3.05) is 6.54 Å². The molecule has 98 valence electrons. The molecule has 1 rings (SSSR count). The van der Waals surface area contributed by atoms with Gasteiger partial charge in [0.2, 0.25) is 0 Å². The molecule has 0 atom stereocenters. The molecule has 0 unspecified atom stereocenters. The first-order valence-corrected chi connectivity index (χ1v) is 6.01. The molecule has 0 aliphatic rings. The van der Waals surface area contributed by atoms with E-state index in [9.17, 15) is 14.9 Å². The van der Waals surface area contributed by atoms with E-state index in [1.54, 1.807) is 0 Å². The smallest absolute Gasteiger partial charge is 0.270 e. The van der Waals surface area contributed by atoms with Crippen molar-refractivity contribution in [3.05, 3.63) is 38.9 Å². The molecule has 0 heterocycles. The zero-order valence-electron chi connectivity index (χ0n) is 10.3. The van der Waals surface area contributed by atoms with Gasteiger partial charge in [-0.3, -0.25) is 14.9 Å². The second kappa shape index (κ2) is 6.35. The monoisotopic (exact) mass is 270 g/mol. The van der Waals surface area contributed by atoms with Crippen LogP contribution in [0.1, 0.15) is 30.6 Å². The number of nitro groups is 1. The van der Waals surface area contributed by atoms with Crippen LogP contribution in [-0.2, 0) is 0 Å². The van der Waals surface area contributed by atoms with Gasteiger partial charge in [0, 0.05) is 18.7 Å². The summed E-state index contributed by atoms with van der Waals surface area (Å²) >= 11 is 5.84. The number of nitrogens with one attached hydrogen (secondary N) is 1. The lowest BCUT2D eigenvalue weighted by atomic mass is 10.1. The first-order valence-electron chi connectivity index (χ1n) is 5.64. The lowest BCUT2D eigenvalue weighted by molar-refractivity contribution is -0.384. The molecule has 0 aliphatic carbocycles. The maximum atomic E-state index is 11.8. The van der Waals surface area contributed by atoms with Crippen molar-refractivity contribution >= 4 is 23.2 Å². The van der Waals surface area contributed by atoms with Crippen LogP contribution in [-0.4, -0.2) is 17.4 Å². The Balaban J connectivity index is 2.72. The number of hydrogen-bond donors (Lipinski definition) is 1. The number of nitro benzene ring substituents is 1. The van der Waals surface area contributed by atoms with Crippen LogP contribution in [0.25, 0.3) is 0 Å². The number of non-ortho nitro benzene ring substituents is 1. The van der Waals surface area contributed by atoms with E-state index in [0.717, 1.165) is 6.42 Å². The molecule has 1 aromatic rings. The number of carbonyl (C=O) groups is 1. The van der Waals surface area contributed by atoms with Crippen molar-refractivity contribution in [1.82, 2.24) is 5.32 Å². The van der Waals surface area contributed by atoms with E-state index >= 15 is 0 Å². The van der Waals surface area contributed by atoms with Crippen LogP contribution in [0, 0.1) is 16.0 Å². The van der Waals surface area contributed by atoms with Gasteiger partial charge in [0.25, 0.3) is 11.6 Å². The first-order chi connectivity index (χ1) is 8.41. The highest BCUT2D eigenvalue weighted by atomic mass is 35.5. The molecule has 0 spiro atoms. The Morgan fingerprint density at radius 2 is 2.17 bits per heavy atom. The zero-order chi connectivity index (χ0) is 13.7. The Morgan fingerprint density at radius 3 is 2.67 bits per heavy atom. The summed E-state index contributed by atoms with van der Waals surface area (Å²) in [5.74, 6) is 0.188. The molecule has 18 heavy (non-hydrogen) atoms. The van der Waals surface area contributed by atoms with E-state index in [1.165, 1.54) is 18.2 Å². The van der Waals surface area contributed by atoms with Gasteiger partial charge < -0.3 is 5.32 Å². The number of nitrogens with zero attached hydrogens (tertiary/aromatic N) is 1. The van der Waals surface area contributed by atoms with Crippen LogP contribution >= 0.6 is 11.6 Å². The summed E-state index contributed by atoms with van der Waals surface area (Å²) in [6.45, 7) is 4.68. The Morgan fingerprint density at radius 1 is 1.50 bits per heavy atom. The number of rotatable bonds is 5. The van der Waals surface area contributed by atoms with E-state index in [-0.39, 0.29) is 22.2 Å². The molecule has 0 aliphatic heterocycles. The molecule has 0 bridgehead atoms. The first kappa shape index (κ1) is 14.4. The molecule has 0 saturated heterocycles. The van der Waals surface area contributed by atoms with E-state index < -0.39 is 4.92 Å². The molecule has 6 heteroatoms. The second-order valence-corrected chi connectivity index (χ2v) is 4.77. The number of halogens is 1. The van der Waals surface area contributed by atoms with Gasteiger partial charge >= 0.3 is 0 Å². The Kier molecular flexibility index (Phi) is 5.09. The van der Waals surface area contributed by atoms with Crippen molar-refractivity contribution < 1.29 is 9.72 Å². The van der Waals surface area contributed by atoms with Crippen LogP contribution in [0.3, 0.4) is 0 Å². The molecule has 0 saturated carbocycles. The van der Waals surface area contributed by atoms with E-state index in [0.29, 0.717) is 12.5 Å². The highest BCUT2D eigenvalue weighted by molar-refractivity contribution is 6.34. The fourth-order valence-corrected chi connectivity index (χ4v) is 1.63. The maximum absolute atomic E-state index is 11.8. The average Bonchev–Trinajstić information content (AvgIpc) is 2.27. The van der Waals surface area contributed by atoms with Crippen LogP contribution in [0.4, 0.5) is 5.69 Å². The SMILES string of the molecule is CC(C)CCNC(=O)c1ccc([N+](=O)[O-])cc1Cl. The molecule has 1 N–H and O–H groups in total. The molecular formula is C12H15ClN2O3. The standard InChI is InChI=1S/C12H15ClN2O3/c1-8(2)5-6-14-12(16)10-4-3-9(15(17)18)7-11(10)13/h3-4,7-8H,5-6H2,1-2H3,(H,14,16). The van der Waals surface area contributed by atoms with Gasteiger partial charge in [-0.25, -0.2) is 0 Å². The van der Waals surface area contributed by atoms with Gasteiger partial charge in [0.05, 0.1) is 15.5 Å². The summed E-state index contributed by atoms with van der Waals surface area (Å²) in [6, 6.07) is 3.81. The molecule has 0 aromatic heterocycles. The third kappa shape index (κ3) is 4.00. The molecule has 1 amide bonds. The zero-order valence-corrected chi connectivity index (χ0v) is 11.0. The number of benzene rings is 1. The quantitative estimate of drug-likeness (QED) is 0.660. The summed E-state index contributed by atoms with van der Waals surface area (Å²) in [7, 11) is 0. The molecule has 0 fully saturated rings. The van der Waals surface area contributed by atoms with Gasteiger partial charge in [-0.15, -0.1) is 0 Å². The fraction of sp³-hybridized carbons (Fsp3) is 0.417. The Bertz CT molecular complexity index is 461. The van der Waals surface area contributed by atoms with Crippen molar-refractivity contribution in [3.63, 3.8) is 0 Å². The second-order valence-electron chi connectivity index (χ2n) is 4.36. The number of amides is 1. The van der Waals surface area contributed by atoms with E-state index in [4.69, 9.17) is 11.6 Å². The summed E-state index contributed by atoms with van der Waals surface area (Å²) in [5, 5.41) is 13.3. The minimum absolute atomic E-state index is 0.0891. The minimum Gasteiger partial charge on any atom is -0.352 e. The Hall–Kier alpha value is -1.62. The van der Waals surface area contributed by atoms with Gasteiger partial charge in [-0.05, 0) is 18.4 Å².